The summed E-state index contributed by atoms with van der Waals surface area (Å²) in [5.41, 5.74) is 1.28. The van der Waals surface area contributed by atoms with Gasteiger partial charge in [-0.1, -0.05) is 12.1 Å². The van der Waals surface area contributed by atoms with Gasteiger partial charge in [-0.2, -0.15) is 5.10 Å². The van der Waals surface area contributed by atoms with Crippen molar-refractivity contribution in [2.75, 3.05) is 7.05 Å². The molecule has 1 aromatic carbocycles. The molecule has 1 unspecified atom stereocenters. The Morgan fingerprint density at radius 1 is 1.37 bits per heavy atom. The standard InChI is InChI=1S/C14H19IN4/c1-10(2)19-14(17-9-18-19)8-13(16-3)11-5-4-6-12(15)7-11/h4-7,9-10,13,16H,8H2,1-3H3. The molecule has 0 saturated heterocycles. The van der Waals surface area contributed by atoms with E-state index < -0.39 is 0 Å². The highest BCUT2D eigenvalue weighted by molar-refractivity contribution is 14.1. The number of likely N-dealkylation sites (N-methyl/N-ethyl adjacent to an activating group) is 1. The summed E-state index contributed by atoms with van der Waals surface area (Å²) in [6, 6.07) is 9.15. The molecule has 102 valence electrons. The topological polar surface area (TPSA) is 42.7 Å². The molecule has 1 N–H and O–H groups in total. The number of halogens is 1. The second kappa shape index (κ2) is 6.47. The molecular formula is C14H19IN4. The maximum atomic E-state index is 4.38. The Hall–Kier alpha value is -0.950. The summed E-state index contributed by atoms with van der Waals surface area (Å²) in [6.45, 7) is 4.25. The molecule has 0 saturated carbocycles. The van der Waals surface area contributed by atoms with E-state index in [0.29, 0.717) is 6.04 Å². The van der Waals surface area contributed by atoms with E-state index in [0.717, 1.165) is 12.2 Å². The molecule has 1 heterocycles. The molecule has 0 bridgehead atoms. The summed E-state index contributed by atoms with van der Waals surface area (Å²) in [7, 11) is 1.99. The predicted octanol–water partition coefficient (Wildman–Crippen LogP) is 2.97. The van der Waals surface area contributed by atoms with E-state index in [4.69, 9.17) is 0 Å². The minimum absolute atomic E-state index is 0.261. The van der Waals surface area contributed by atoms with Gasteiger partial charge in [-0.25, -0.2) is 9.67 Å². The molecule has 2 rings (SSSR count). The molecule has 0 aliphatic carbocycles. The van der Waals surface area contributed by atoms with Crippen molar-refractivity contribution in [1.82, 2.24) is 20.1 Å². The molecule has 4 nitrogen and oxygen atoms in total. The SMILES string of the molecule is CNC(Cc1ncnn1C(C)C)c1cccc(I)c1. The van der Waals surface area contributed by atoms with Gasteiger partial charge in [-0.3, -0.25) is 0 Å². The van der Waals surface area contributed by atoms with E-state index in [1.165, 1.54) is 9.13 Å². The zero-order valence-corrected chi connectivity index (χ0v) is 13.6. The molecule has 0 fully saturated rings. The number of hydrogen-bond acceptors (Lipinski definition) is 3. The average molecular weight is 370 g/mol. The number of nitrogens with one attached hydrogen (secondary N) is 1. The van der Waals surface area contributed by atoms with Crippen LogP contribution in [0.2, 0.25) is 0 Å². The molecule has 2 aromatic rings. The maximum Gasteiger partial charge on any atom is 0.138 e. The third kappa shape index (κ3) is 3.54. The predicted molar refractivity (Wildman–Crippen MR) is 85.1 cm³/mol. The first-order chi connectivity index (χ1) is 9.11. The fourth-order valence-corrected chi connectivity index (χ4v) is 2.71. The Morgan fingerprint density at radius 2 is 2.16 bits per heavy atom. The molecule has 0 aliphatic rings. The van der Waals surface area contributed by atoms with Crippen LogP contribution in [0.15, 0.2) is 30.6 Å². The van der Waals surface area contributed by atoms with Crippen LogP contribution in [0, 0.1) is 3.57 Å². The molecule has 0 spiro atoms. The maximum absolute atomic E-state index is 4.38. The van der Waals surface area contributed by atoms with Crippen molar-refractivity contribution in [2.24, 2.45) is 0 Å². The first-order valence-electron chi connectivity index (χ1n) is 6.43. The van der Waals surface area contributed by atoms with Crippen molar-refractivity contribution in [3.63, 3.8) is 0 Å². The second-order valence-corrected chi connectivity index (χ2v) is 6.06. The first kappa shape index (κ1) is 14.5. The highest BCUT2D eigenvalue weighted by Crippen LogP contribution is 2.20. The Labute approximate surface area is 127 Å². The Morgan fingerprint density at radius 3 is 2.79 bits per heavy atom. The molecule has 0 amide bonds. The zero-order valence-electron chi connectivity index (χ0n) is 11.5. The summed E-state index contributed by atoms with van der Waals surface area (Å²) in [4.78, 5) is 4.38. The fraction of sp³-hybridized carbons (Fsp3) is 0.429. The van der Waals surface area contributed by atoms with E-state index in [9.17, 15) is 0 Å². The van der Waals surface area contributed by atoms with Crippen LogP contribution in [0.5, 0.6) is 0 Å². The quantitative estimate of drug-likeness (QED) is 0.823. The molecule has 1 aromatic heterocycles. The second-order valence-electron chi connectivity index (χ2n) is 4.81. The smallest absolute Gasteiger partial charge is 0.138 e. The number of benzene rings is 1. The molecule has 1 atom stereocenters. The van der Waals surface area contributed by atoms with Crippen molar-refractivity contribution in [3.8, 4) is 0 Å². The largest absolute Gasteiger partial charge is 0.313 e. The lowest BCUT2D eigenvalue weighted by molar-refractivity contribution is 0.478. The van der Waals surface area contributed by atoms with Gasteiger partial charge in [0.15, 0.2) is 0 Å². The van der Waals surface area contributed by atoms with Gasteiger partial charge in [-0.15, -0.1) is 0 Å². The summed E-state index contributed by atoms with van der Waals surface area (Å²) in [6.07, 6.45) is 2.48. The van der Waals surface area contributed by atoms with Gasteiger partial charge in [0.25, 0.3) is 0 Å². The van der Waals surface area contributed by atoms with Crippen molar-refractivity contribution >= 4 is 22.6 Å². The number of hydrogen-bond donors (Lipinski definition) is 1. The number of nitrogens with zero attached hydrogens (tertiary/aromatic N) is 3. The molecule has 0 radical (unpaired) electrons. The highest BCUT2D eigenvalue weighted by atomic mass is 127. The summed E-state index contributed by atoms with van der Waals surface area (Å²) >= 11 is 2.34. The van der Waals surface area contributed by atoms with Crippen LogP contribution >= 0.6 is 22.6 Å². The van der Waals surface area contributed by atoms with Gasteiger partial charge in [0, 0.05) is 22.1 Å². The van der Waals surface area contributed by atoms with Gasteiger partial charge in [-0.05, 0) is 61.2 Å². The summed E-state index contributed by atoms with van der Waals surface area (Å²) < 4.78 is 3.23. The first-order valence-corrected chi connectivity index (χ1v) is 7.50. The monoisotopic (exact) mass is 370 g/mol. The highest BCUT2D eigenvalue weighted by Gasteiger charge is 2.15. The normalized spacial score (nSPS) is 12.9. The van der Waals surface area contributed by atoms with E-state index in [1.807, 2.05) is 11.7 Å². The van der Waals surface area contributed by atoms with Gasteiger partial charge in [0.2, 0.25) is 0 Å². The van der Waals surface area contributed by atoms with Crippen LogP contribution in [-0.2, 0) is 6.42 Å². The van der Waals surface area contributed by atoms with E-state index in [2.05, 4.69) is 76.1 Å². The fourth-order valence-electron chi connectivity index (χ4n) is 2.14. The minimum Gasteiger partial charge on any atom is -0.313 e. The Balaban J connectivity index is 2.22. The van der Waals surface area contributed by atoms with Crippen molar-refractivity contribution in [1.29, 1.82) is 0 Å². The summed E-state index contributed by atoms with van der Waals surface area (Å²) in [5, 5.41) is 7.66. The van der Waals surface area contributed by atoms with Crippen LogP contribution in [0.1, 0.15) is 37.3 Å². The number of rotatable bonds is 5. The molecular weight excluding hydrogens is 351 g/mol. The van der Waals surface area contributed by atoms with Crippen molar-refractivity contribution in [3.05, 3.63) is 45.6 Å². The molecule has 5 heteroatoms. The van der Waals surface area contributed by atoms with Crippen LogP contribution in [0.3, 0.4) is 0 Å². The van der Waals surface area contributed by atoms with Crippen molar-refractivity contribution in [2.45, 2.75) is 32.4 Å². The van der Waals surface area contributed by atoms with Gasteiger partial charge >= 0.3 is 0 Å². The lowest BCUT2D eigenvalue weighted by Gasteiger charge is -2.18. The van der Waals surface area contributed by atoms with E-state index in [1.54, 1.807) is 6.33 Å². The lowest BCUT2D eigenvalue weighted by Crippen LogP contribution is -2.21. The summed E-state index contributed by atoms with van der Waals surface area (Å²) in [5.74, 6) is 1.02. The van der Waals surface area contributed by atoms with Crippen LogP contribution in [-0.4, -0.2) is 21.8 Å². The van der Waals surface area contributed by atoms with Crippen LogP contribution in [0.4, 0.5) is 0 Å². The minimum atomic E-state index is 0.261. The van der Waals surface area contributed by atoms with Crippen molar-refractivity contribution < 1.29 is 0 Å². The van der Waals surface area contributed by atoms with Gasteiger partial charge in [0.1, 0.15) is 12.2 Å². The van der Waals surface area contributed by atoms with Gasteiger partial charge in [0.05, 0.1) is 0 Å². The van der Waals surface area contributed by atoms with Crippen LogP contribution in [0.25, 0.3) is 0 Å². The third-order valence-electron chi connectivity index (χ3n) is 3.12. The lowest BCUT2D eigenvalue weighted by atomic mass is 10.0. The average Bonchev–Trinajstić information content (AvgIpc) is 2.84. The number of aromatic nitrogens is 3. The Kier molecular flexibility index (Phi) is 4.93. The third-order valence-corrected chi connectivity index (χ3v) is 3.79. The van der Waals surface area contributed by atoms with Crippen LogP contribution < -0.4 is 5.32 Å². The molecule has 19 heavy (non-hydrogen) atoms. The van der Waals surface area contributed by atoms with E-state index in [-0.39, 0.29) is 6.04 Å². The van der Waals surface area contributed by atoms with E-state index >= 15 is 0 Å². The zero-order chi connectivity index (χ0) is 13.8. The molecule has 0 aliphatic heterocycles. The van der Waals surface area contributed by atoms with Gasteiger partial charge < -0.3 is 5.32 Å². The Bertz CT molecular complexity index is 536.